The van der Waals surface area contributed by atoms with Crippen LogP contribution in [-0.4, -0.2) is 30.5 Å². The Hall–Kier alpha value is -0.870. The molecule has 0 atom stereocenters. The van der Waals surface area contributed by atoms with Crippen molar-refractivity contribution in [2.75, 3.05) is 23.9 Å². The highest BCUT2D eigenvalue weighted by atomic mass is 35.5. The van der Waals surface area contributed by atoms with E-state index >= 15 is 0 Å². The van der Waals surface area contributed by atoms with Crippen LogP contribution in [-0.2, 0) is 0 Å². The maximum absolute atomic E-state index is 11.7. The van der Waals surface area contributed by atoms with Crippen LogP contribution in [0.15, 0.2) is 18.2 Å². The molecule has 2 rings (SSSR count). The minimum Gasteiger partial charge on any atom is -0.382 e. The zero-order valence-corrected chi connectivity index (χ0v) is 11.9. The molecule has 1 aliphatic heterocycles. The highest BCUT2D eigenvalue weighted by Crippen LogP contribution is 2.24. The van der Waals surface area contributed by atoms with Crippen molar-refractivity contribution in [1.29, 1.82) is 0 Å². The smallest absolute Gasteiger partial charge is 0.252 e. The lowest BCUT2D eigenvalue weighted by Crippen LogP contribution is -2.25. The minimum absolute atomic E-state index is 0.150. The van der Waals surface area contributed by atoms with Crippen LogP contribution in [0.5, 0.6) is 0 Å². The first-order valence-electron chi connectivity index (χ1n) is 6.06. The molecule has 0 unspecified atom stereocenters. The van der Waals surface area contributed by atoms with Crippen LogP contribution in [0.2, 0.25) is 5.02 Å². The van der Waals surface area contributed by atoms with E-state index in [2.05, 4.69) is 10.6 Å². The normalized spacial score (nSPS) is 16.3. The maximum Gasteiger partial charge on any atom is 0.252 e. The summed E-state index contributed by atoms with van der Waals surface area (Å²) < 4.78 is 0. The second-order valence-electron chi connectivity index (χ2n) is 4.30. The quantitative estimate of drug-likeness (QED) is 0.896. The zero-order valence-electron chi connectivity index (χ0n) is 10.3. The number of amides is 1. The van der Waals surface area contributed by atoms with Gasteiger partial charge in [0.1, 0.15) is 0 Å². The van der Waals surface area contributed by atoms with Gasteiger partial charge in [0.25, 0.3) is 5.91 Å². The summed E-state index contributed by atoms with van der Waals surface area (Å²) in [5.74, 6) is 2.25. The third kappa shape index (κ3) is 3.33. The van der Waals surface area contributed by atoms with Gasteiger partial charge in [-0.1, -0.05) is 11.6 Å². The van der Waals surface area contributed by atoms with Crippen LogP contribution in [0.4, 0.5) is 5.69 Å². The number of thioether (sulfide) groups is 1. The number of rotatable bonds is 3. The van der Waals surface area contributed by atoms with Crippen molar-refractivity contribution in [1.82, 2.24) is 5.32 Å². The highest BCUT2D eigenvalue weighted by Gasteiger charge is 2.15. The lowest BCUT2D eigenvalue weighted by atomic mass is 10.1. The number of nitrogens with one attached hydrogen (secondary N) is 2. The third-order valence-corrected chi connectivity index (χ3v) is 4.41. The average molecular weight is 285 g/mol. The molecular formula is C13H17ClN2OS. The zero-order chi connectivity index (χ0) is 13.0. The Morgan fingerprint density at radius 1 is 1.39 bits per heavy atom. The van der Waals surface area contributed by atoms with E-state index in [-0.39, 0.29) is 5.91 Å². The van der Waals surface area contributed by atoms with Crippen molar-refractivity contribution in [3.63, 3.8) is 0 Å². The first-order valence-corrected chi connectivity index (χ1v) is 7.60. The van der Waals surface area contributed by atoms with Gasteiger partial charge in [0.15, 0.2) is 0 Å². The fourth-order valence-electron chi connectivity index (χ4n) is 2.00. The minimum atomic E-state index is -0.150. The maximum atomic E-state index is 11.7. The van der Waals surface area contributed by atoms with Gasteiger partial charge in [0.2, 0.25) is 0 Å². The monoisotopic (exact) mass is 284 g/mol. The third-order valence-electron chi connectivity index (χ3n) is 3.03. The summed E-state index contributed by atoms with van der Waals surface area (Å²) >= 11 is 8.02. The van der Waals surface area contributed by atoms with Crippen LogP contribution in [0.1, 0.15) is 23.2 Å². The molecule has 0 radical (unpaired) electrons. The van der Waals surface area contributed by atoms with Crippen molar-refractivity contribution in [2.24, 2.45) is 0 Å². The van der Waals surface area contributed by atoms with Gasteiger partial charge in [-0.3, -0.25) is 4.79 Å². The summed E-state index contributed by atoms with van der Waals surface area (Å²) in [6, 6.07) is 6.02. The van der Waals surface area contributed by atoms with Crippen LogP contribution >= 0.6 is 23.4 Å². The molecule has 18 heavy (non-hydrogen) atoms. The standard InChI is InChI=1S/C13H17ClN2OS/c1-15-13(17)11-8-10(2-3-12(11)14)16-9-4-6-18-7-5-9/h2-3,8-9,16H,4-7H2,1H3,(H,15,17). The summed E-state index contributed by atoms with van der Waals surface area (Å²) in [6.07, 6.45) is 2.34. The Balaban J connectivity index is 2.11. The van der Waals surface area contributed by atoms with Crippen LogP contribution in [0, 0.1) is 0 Å². The Kier molecular flexibility index (Phi) is 4.78. The van der Waals surface area contributed by atoms with Gasteiger partial charge in [-0.15, -0.1) is 0 Å². The Morgan fingerprint density at radius 2 is 2.11 bits per heavy atom. The molecule has 0 spiro atoms. The molecule has 0 saturated carbocycles. The number of carbonyl (C=O) groups is 1. The van der Waals surface area contributed by atoms with Gasteiger partial charge in [-0.25, -0.2) is 0 Å². The fourth-order valence-corrected chi connectivity index (χ4v) is 3.31. The van der Waals surface area contributed by atoms with Gasteiger partial charge in [0.05, 0.1) is 10.6 Å². The average Bonchev–Trinajstić information content (AvgIpc) is 2.41. The molecule has 98 valence electrons. The van der Waals surface area contributed by atoms with Gasteiger partial charge in [-0.2, -0.15) is 11.8 Å². The molecule has 0 aromatic heterocycles. The van der Waals surface area contributed by atoms with Gasteiger partial charge in [0, 0.05) is 18.8 Å². The Bertz CT molecular complexity index is 433. The largest absolute Gasteiger partial charge is 0.382 e. The van der Waals surface area contributed by atoms with Crippen molar-refractivity contribution in [3.05, 3.63) is 28.8 Å². The first-order chi connectivity index (χ1) is 8.70. The number of anilines is 1. The molecule has 0 bridgehead atoms. The molecule has 1 heterocycles. The molecule has 1 aromatic rings. The van der Waals surface area contributed by atoms with E-state index in [4.69, 9.17) is 11.6 Å². The molecule has 1 saturated heterocycles. The number of hydrogen-bond donors (Lipinski definition) is 2. The molecule has 1 fully saturated rings. The predicted molar refractivity (Wildman–Crippen MR) is 78.8 cm³/mol. The molecule has 1 aromatic carbocycles. The summed E-state index contributed by atoms with van der Waals surface area (Å²) in [4.78, 5) is 11.7. The van der Waals surface area contributed by atoms with Crippen LogP contribution < -0.4 is 10.6 Å². The van der Waals surface area contributed by atoms with E-state index < -0.39 is 0 Å². The molecule has 0 aliphatic carbocycles. The molecule has 3 nitrogen and oxygen atoms in total. The molecule has 1 amide bonds. The number of hydrogen-bond acceptors (Lipinski definition) is 3. The lowest BCUT2D eigenvalue weighted by Gasteiger charge is -2.24. The summed E-state index contributed by atoms with van der Waals surface area (Å²) in [5, 5.41) is 6.56. The topological polar surface area (TPSA) is 41.1 Å². The van der Waals surface area contributed by atoms with Gasteiger partial charge >= 0.3 is 0 Å². The second kappa shape index (κ2) is 6.34. The molecule has 2 N–H and O–H groups in total. The number of halogens is 1. The lowest BCUT2D eigenvalue weighted by molar-refractivity contribution is 0.0963. The van der Waals surface area contributed by atoms with E-state index in [1.54, 1.807) is 13.1 Å². The first kappa shape index (κ1) is 13.6. The summed E-state index contributed by atoms with van der Waals surface area (Å²) in [5.41, 5.74) is 1.49. The molecular weight excluding hydrogens is 268 g/mol. The van der Waals surface area contributed by atoms with E-state index in [1.165, 1.54) is 24.3 Å². The van der Waals surface area contributed by atoms with Crippen LogP contribution in [0.25, 0.3) is 0 Å². The van der Waals surface area contributed by atoms with Crippen molar-refractivity contribution < 1.29 is 4.79 Å². The van der Waals surface area contributed by atoms with E-state index in [0.717, 1.165) is 5.69 Å². The van der Waals surface area contributed by atoms with Gasteiger partial charge < -0.3 is 10.6 Å². The van der Waals surface area contributed by atoms with Crippen molar-refractivity contribution in [3.8, 4) is 0 Å². The highest BCUT2D eigenvalue weighted by molar-refractivity contribution is 7.99. The molecule has 5 heteroatoms. The van der Waals surface area contributed by atoms with E-state index in [1.807, 2.05) is 23.9 Å². The summed E-state index contributed by atoms with van der Waals surface area (Å²) in [6.45, 7) is 0. The fraction of sp³-hybridized carbons (Fsp3) is 0.462. The Morgan fingerprint density at radius 3 is 2.78 bits per heavy atom. The van der Waals surface area contributed by atoms with Crippen LogP contribution in [0.3, 0.4) is 0 Å². The van der Waals surface area contributed by atoms with E-state index in [9.17, 15) is 4.79 Å². The predicted octanol–water partition coefficient (Wildman–Crippen LogP) is 3.01. The summed E-state index contributed by atoms with van der Waals surface area (Å²) in [7, 11) is 1.61. The second-order valence-corrected chi connectivity index (χ2v) is 5.94. The molecule has 1 aliphatic rings. The number of carbonyl (C=O) groups excluding carboxylic acids is 1. The van der Waals surface area contributed by atoms with E-state index in [0.29, 0.717) is 16.6 Å². The van der Waals surface area contributed by atoms with Gasteiger partial charge in [-0.05, 0) is 42.5 Å². The van der Waals surface area contributed by atoms with Crippen molar-refractivity contribution >= 4 is 35.0 Å². The number of benzene rings is 1. The van der Waals surface area contributed by atoms with Crippen molar-refractivity contribution in [2.45, 2.75) is 18.9 Å². The SMILES string of the molecule is CNC(=O)c1cc(NC2CCSCC2)ccc1Cl. The Labute approximate surface area is 117 Å².